The van der Waals surface area contributed by atoms with Crippen LogP contribution in [0.5, 0.6) is 11.5 Å². The van der Waals surface area contributed by atoms with E-state index in [2.05, 4.69) is 0 Å². The van der Waals surface area contributed by atoms with E-state index in [1.807, 2.05) is 42.6 Å². The second-order valence-electron chi connectivity index (χ2n) is 9.26. The van der Waals surface area contributed by atoms with Crippen LogP contribution in [0, 0.1) is 6.92 Å². The summed E-state index contributed by atoms with van der Waals surface area (Å²) in [5.41, 5.74) is 1.84. The average Bonchev–Trinajstić information content (AvgIpc) is 3.66. The van der Waals surface area contributed by atoms with Gasteiger partial charge in [0.1, 0.15) is 0 Å². The van der Waals surface area contributed by atoms with Crippen LogP contribution in [-0.2, 0) is 32.6 Å². The highest BCUT2D eigenvalue weighted by Crippen LogP contribution is 2.33. The maximum Gasteiger partial charge on any atom is 0.243 e. The van der Waals surface area contributed by atoms with Crippen molar-refractivity contribution in [2.75, 3.05) is 26.5 Å². The van der Waals surface area contributed by atoms with Crippen molar-refractivity contribution in [1.82, 2.24) is 9.21 Å². The van der Waals surface area contributed by atoms with E-state index < -0.39 is 10.0 Å². The van der Waals surface area contributed by atoms with Crippen molar-refractivity contribution < 1.29 is 27.4 Å². The molecular weight excluding hydrogens is 512 g/mol. The summed E-state index contributed by atoms with van der Waals surface area (Å²) in [5, 5.41) is 1.96. The molecule has 2 aliphatic heterocycles. The zero-order valence-corrected chi connectivity index (χ0v) is 22.3. The zero-order chi connectivity index (χ0) is 25.8. The first-order valence-electron chi connectivity index (χ1n) is 12.3. The number of thiophene rings is 1. The number of hydrogen-bond acceptors (Lipinski definition) is 7. The molecule has 0 saturated carbocycles. The third-order valence-electron chi connectivity index (χ3n) is 6.49. The van der Waals surface area contributed by atoms with Crippen LogP contribution in [0.4, 0.5) is 0 Å². The topological polar surface area (TPSA) is 85.4 Å². The molecule has 37 heavy (non-hydrogen) atoms. The van der Waals surface area contributed by atoms with Gasteiger partial charge in [-0.2, -0.15) is 4.31 Å². The molecule has 196 valence electrons. The molecule has 1 atom stereocenters. The maximum atomic E-state index is 13.8. The molecule has 0 spiro atoms. The van der Waals surface area contributed by atoms with E-state index in [0.717, 1.165) is 28.8 Å². The van der Waals surface area contributed by atoms with Gasteiger partial charge in [0.05, 0.1) is 24.1 Å². The van der Waals surface area contributed by atoms with Gasteiger partial charge in [-0.05, 0) is 61.0 Å². The highest BCUT2D eigenvalue weighted by atomic mass is 32.2. The number of amides is 1. The van der Waals surface area contributed by atoms with Gasteiger partial charge in [0, 0.05) is 24.6 Å². The van der Waals surface area contributed by atoms with Gasteiger partial charge in [-0.15, -0.1) is 11.3 Å². The number of sulfonamides is 1. The Morgan fingerprint density at radius 1 is 1.05 bits per heavy atom. The van der Waals surface area contributed by atoms with Crippen LogP contribution in [0.1, 0.15) is 28.8 Å². The molecule has 0 bridgehead atoms. The van der Waals surface area contributed by atoms with E-state index >= 15 is 0 Å². The number of aryl methyl sites for hydroxylation is 1. The van der Waals surface area contributed by atoms with Crippen LogP contribution in [0.15, 0.2) is 64.9 Å². The number of benzene rings is 2. The van der Waals surface area contributed by atoms with Gasteiger partial charge in [-0.1, -0.05) is 29.8 Å². The summed E-state index contributed by atoms with van der Waals surface area (Å²) in [6, 6.07) is 16.2. The lowest BCUT2D eigenvalue weighted by atomic mass is 10.2. The number of rotatable bonds is 10. The molecule has 2 aliphatic rings. The maximum absolute atomic E-state index is 13.8. The van der Waals surface area contributed by atoms with Gasteiger partial charge in [-0.25, -0.2) is 8.42 Å². The first-order chi connectivity index (χ1) is 17.9. The Morgan fingerprint density at radius 2 is 1.86 bits per heavy atom. The SMILES string of the molecule is Cc1ccc(S(=O)(=O)N(CC(=O)N(Cc2ccc3c(c2)OCO3)Cc2cccs2)CC2CCCO2)cc1. The quantitative estimate of drug-likeness (QED) is 0.382. The van der Waals surface area contributed by atoms with Gasteiger partial charge < -0.3 is 19.1 Å². The fourth-order valence-electron chi connectivity index (χ4n) is 4.46. The summed E-state index contributed by atoms with van der Waals surface area (Å²) in [4.78, 5) is 16.6. The van der Waals surface area contributed by atoms with Gasteiger partial charge in [-0.3, -0.25) is 4.79 Å². The standard InChI is InChI=1S/C27H30N2O6S2/c1-20-6-9-24(10-7-20)37(31,32)29(16-22-4-2-12-33-22)18-27(30)28(17-23-5-3-13-36-23)15-21-8-11-25-26(14-21)35-19-34-25/h3,5-11,13-14,22H,2,4,12,15-19H2,1H3. The summed E-state index contributed by atoms with van der Waals surface area (Å²) >= 11 is 1.56. The van der Waals surface area contributed by atoms with Gasteiger partial charge in [0.2, 0.25) is 22.7 Å². The van der Waals surface area contributed by atoms with Crippen molar-refractivity contribution in [1.29, 1.82) is 0 Å². The number of hydrogen-bond donors (Lipinski definition) is 0. The molecule has 2 aromatic carbocycles. The van der Waals surface area contributed by atoms with Crippen LogP contribution in [0.2, 0.25) is 0 Å². The van der Waals surface area contributed by atoms with E-state index in [0.29, 0.717) is 31.2 Å². The predicted octanol–water partition coefficient (Wildman–Crippen LogP) is 4.18. The molecule has 3 heterocycles. The lowest BCUT2D eigenvalue weighted by Crippen LogP contribution is -2.45. The highest BCUT2D eigenvalue weighted by Gasteiger charge is 2.32. The van der Waals surface area contributed by atoms with Crippen molar-refractivity contribution in [3.05, 3.63) is 76.0 Å². The molecule has 5 rings (SSSR count). The molecule has 1 saturated heterocycles. The molecule has 0 aliphatic carbocycles. The second-order valence-corrected chi connectivity index (χ2v) is 12.2. The van der Waals surface area contributed by atoms with Crippen molar-refractivity contribution in [3.8, 4) is 11.5 Å². The minimum Gasteiger partial charge on any atom is -0.454 e. The Morgan fingerprint density at radius 3 is 2.59 bits per heavy atom. The molecule has 10 heteroatoms. The number of nitrogens with zero attached hydrogens (tertiary/aromatic N) is 2. The zero-order valence-electron chi connectivity index (χ0n) is 20.7. The number of carbonyl (C=O) groups excluding carboxylic acids is 1. The fraction of sp³-hybridized carbons (Fsp3) is 0.370. The molecule has 1 amide bonds. The fourth-order valence-corrected chi connectivity index (χ4v) is 6.60. The lowest BCUT2D eigenvalue weighted by molar-refractivity contribution is -0.132. The minimum absolute atomic E-state index is 0.138. The van der Waals surface area contributed by atoms with Crippen molar-refractivity contribution in [2.24, 2.45) is 0 Å². The van der Waals surface area contributed by atoms with Crippen LogP contribution in [-0.4, -0.2) is 56.1 Å². The number of ether oxygens (including phenoxy) is 3. The Balaban J connectivity index is 1.40. The van der Waals surface area contributed by atoms with Crippen molar-refractivity contribution in [3.63, 3.8) is 0 Å². The summed E-state index contributed by atoms with van der Waals surface area (Å²) in [6.07, 6.45) is 1.42. The normalized spacial score (nSPS) is 16.9. The highest BCUT2D eigenvalue weighted by molar-refractivity contribution is 7.89. The average molecular weight is 543 g/mol. The van der Waals surface area contributed by atoms with Gasteiger partial charge in [0.15, 0.2) is 11.5 Å². The van der Waals surface area contributed by atoms with E-state index in [-0.39, 0.29) is 36.8 Å². The monoisotopic (exact) mass is 542 g/mol. The molecule has 3 aromatic rings. The third kappa shape index (κ3) is 6.15. The van der Waals surface area contributed by atoms with E-state index in [9.17, 15) is 13.2 Å². The second kappa shape index (κ2) is 11.2. The van der Waals surface area contributed by atoms with Crippen molar-refractivity contribution >= 4 is 27.3 Å². The summed E-state index contributed by atoms with van der Waals surface area (Å²) in [6.45, 7) is 3.24. The molecule has 1 unspecified atom stereocenters. The smallest absolute Gasteiger partial charge is 0.243 e. The Bertz CT molecular complexity index is 1320. The first-order valence-corrected chi connectivity index (χ1v) is 14.6. The van der Waals surface area contributed by atoms with Crippen LogP contribution in [0.25, 0.3) is 0 Å². The molecule has 0 radical (unpaired) electrons. The van der Waals surface area contributed by atoms with Crippen LogP contribution in [0.3, 0.4) is 0 Å². The first kappa shape index (κ1) is 25.7. The summed E-state index contributed by atoms with van der Waals surface area (Å²) in [7, 11) is -3.90. The van der Waals surface area contributed by atoms with Crippen LogP contribution >= 0.6 is 11.3 Å². The summed E-state index contributed by atoms with van der Waals surface area (Å²) in [5.74, 6) is 1.04. The van der Waals surface area contributed by atoms with Crippen molar-refractivity contribution in [2.45, 2.75) is 43.9 Å². The number of carbonyl (C=O) groups is 1. The third-order valence-corrected chi connectivity index (χ3v) is 9.18. The summed E-state index contributed by atoms with van der Waals surface area (Å²) < 4.78 is 45.3. The molecule has 0 N–H and O–H groups in total. The largest absolute Gasteiger partial charge is 0.454 e. The Labute approximate surface area is 221 Å². The Hall–Kier alpha value is -2.92. The van der Waals surface area contributed by atoms with E-state index in [4.69, 9.17) is 14.2 Å². The van der Waals surface area contributed by atoms with Crippen LogP contribution < -0.4 is 9.47 Å². The Kier molecular flexibility index (Phi) is 7.80. The molecule has 1 aromatic heterocycles. The molecule has 8 nitrogen and oxygen atoms in total. The molecular formula is C27H30N2O6S2. The number of fused-ring (bicyclic) bond motifs is 1. The van der Waals surface area contributed by atoms with E-state index in [1.165, 1.54) is 4.31 Å². The molecule has 1 fully saturated rings. The lowest BCUT2D eigenvalue weighted by Gasteiger charge is -2.28. The van der Waals surface area contributed by atoms with Gasteiger partial charge >= 0.3 is 0 Å². The predicted molar refractivity (Wildman–Crippen MR) is 140 cm³/mol. The van der Waals surface area contributed by atoms with Gasteiger partial charge in [0.25, 0.3) is 0 Å². The van der Waals surface area contributed by atoms with E-state index in [1.54, 1.807) is 40.5 Å². The minimum atomic E-state index is -3.90.